The first-order valence-corrected chi connectivity index (χ1v) is 9.30. The van der Waals surface area contributed by atoms with Gasteiger partial charge in [-0.05, 0) is 36.6 Å². The topological polar surface area (TPSA) is 76.7 Å². The predicted octanol–water partition coefficient (Wildman–Crippen LogP) is 3.50. The number of ether oxygens (including phenoxy) is 2. The Morgan fingerprint density at radius 1 is 1.04 bits per heavy atom. The summed E-state index contributed by atoms with van der Waals surface area (Å²) >= 11 is 0. The second-order valence-electron chi connectivity index (χ2n) is 6.46. The van der Waals surface area contributed by atoms with Crippen molar-refractivity contribution in [3.63, 3.8) is 0 Å². The first-order chi connectivity index (χ1) is 13.6. The fourth-order valence-electron chi connectivity index (χ4n) is 3.05. The number of nitrogens with one attached hydrogen (secondary N) is 2. The number of carbonyl (C=O) groups is 2. The van der Waals surface area contributed by atoms with Crippen molar-refractivity contribution in [2.24, 2.45) is 0 Å². The van der Waals surface area contributed by atoms with E-state index in [-0.39, 0.29) is 19.2 Å². The molecule has 1 heterocycles. The maximum atomic E-state index is 12.7. The molecule has 2 aromatic rings. The summed E-state index contributed by atoms with van der Waals surface area (Å²) in [5, 5.41) is 5.45. The molecule has 1 aliphatic rings. The molecule has 0 aromatic heterocycles. The van der Waals surface area contributed by atoms with Gasteiger partial charge >= 0.3 is 12.0 Å². The van der Waals surface area contributed by atoms with Crippen LogP contribution in [0, 0.1) is 0 Å². The Balaban J connectivity index is 1.67. The molecule has 0 unspecified atom stereocenters. The van der Waals surface area contributed by atoms with E-state index in [0.717, 1.165) is 17.7 Å². The van der Waals surface area contributed by atoms with Gasteiger partial charge < -0.3 is 20.1 Å². The van der Waals surface area contributed by atoms with Gasteiger partial charge in [-0.2, -0.15) is 0 Å². The van der Waals surface area contributed by atoms with E-state index in [1.54, 1.807) is 6.92 Å². The Labute approximate surface area is 164 Å². The summed E-state index contributed by atoms with van der Waals surface area (Å²) in [5.74, 6) is 0.237. The van der Waals surface area contributed by atoms with Crippen molar-refractivity contribution in [1.29, 1.82) is 0 Å². The van der Waals surface area contributed by atoms with Crippen LogP contribution in [0.25, 0.3) is 0 Å². The number of amides is 2. The number of hydrogen-bond acceptors (Lipinski definition) is 4. The zero-order valence-corrected chi connectivity index (χ0v) is 16.0. The molecule has 0 saturated carbocycles. The molecule has 2 N–H and O–H groups in total. The molecule has 0 bridgehead atoms. The summed E-state index contributed by atoms with van der Waals surface area (Å²) in [5.41, 5.74) is 2.90. The van der Waals surface area contributed by atoms with E-state index in [1.807, 2.05) is 54.6 Å². The van der Waals surface area contributed by atoms with E-state index >= 15 is 0 Å². The molecule has 0 spiro atoms. The molecule has 0 saturated heterocycles. The van der Waals surface area contributed by atoms with Crippen molar-refractivity contribution < 1.29 is 19.1 Å². The third-order valence-corrected chi connectivity index (χ3v) is 4.54. The summed E-state index contributed by atoms with van der Waals surface area (Å²) < 4.78 is 10.9. The minimum Gasteiger partial charge on any atom is -0.490 e. The average Bonchev–Trinajstić information content (AvgIpc) is 2.71. The highest BCUT2D eigenvalue weighted by Gasteiger charge is 2.32. The number of hydrogen-bond donors (Lipinski definition) is 2. The number of urea groups is 1. The van der Waals surface area contributed by atoms with Crippen molar-refractivity contribution >= 4 is 12.0 Å². The SMILES string of the molecule is CCc1ccc([C@H]2NC(=O)NC(C)=C2C(=O)OCCOc2ccccc2)cc1. The lowest BCUT2D eigenvalue weighted by Gasteiger charge is -2.28. The van der Waals surface area contributed by atoms with E-state index < -0.39 is 12.0 Å². The van der Waals surface area contributed by atoms with E-state index in [2.05, 4.69) is 17.6 Å². The number of rotatable bonds is 7. The number of allylic oxidation sites excluding steroid dienone is 1. The molecule has 6 nitrogen and oxygen atoms in total. The van der Waals surface area contributed by atoms with Gasteiger partial charge in [-0.15, -0.1) is 0 Å². The van der Waals surface area contributed by atoms with Crippen molar-refractivity contribution in [3.05, 3.63) is 77.0 Å². The van der Waals surface area contributed by atoms with Crippen LogP contribution in [0.15, 0.2) is 65.9 Å². The standard InChI is InChI=1S/C22H24N2O4/c1-3-16-9-11-17(12-10-16)20-19(15(2)23-22(26)24-20)21(25)28-14-13-27-18-7-5-4-6-8-18/h4-12,20H,3,13-14H2,1-2H3,(H2,23,24,26)/t20-/m1/s1. The highest BCUT2D eigenvalue weighted by Crippen LogP contribution is 2.27. The van der Waals surface area contributed by atoms with Gasteiger partial charge in [-0.3, -0.25) is 0 Å². The summed E-state index contributed by atoms with van der Waals surface area (Å²) in [6.45, 7) is 4.13. The molecular formula is C22H24N2O4. The smallest absolute Gasteiger partial charge is 0.338 e. The molecule has 3 rings (SSSR count). The van der Waals surface area contributed by atoms with Gasteiger partial charge in [0.05, 0.1) is 11.6 Å². The van der Waals surface area contributed by atoms with Crippen molar-refractivity contribution in [2.75, 3.05) is 13.2 Å². The molecule has 28 heavy (non-hydrogen) atoms. The van der Waals surface area contributed by atoms with Gasteiger partial charge in [0.15, 0.2) is 0 Å². The molecule has 1 atom stereocenters. The lowest BCUT2D eigenvalue weighted by atomic mass is 9.94. The van der Waals surface area contributed by atoms with Crippen LogP contribution in [0.4, 0.5) is 4.79 Å². The Morgan fingerprint density at radius 3 is 2.43 bits per heavy atom. The Hall–Kier alpha value is -3.28. The second-order valence-corrected chi connectivity index (χ2v) is 6.46. The Bertz CT molecular complexity index is 860. The fraction of sp³-hybridized carbons (Fsp3) is 0.273. The van der Waals surface area contributed by atoms with Crippen LogP contribution < -0.4 is 15.4 Å². The third-order valence-electron chi connectivity index (χ3n) is 4.54. The highest BCUT2D eigenvalue weighted by molar-refractivity contribution is 5.95. The molecule has 1 aliphatic heterocycles. The van der Waals surface area contributed by atoms with Gasteiger partial charge in [0.25, 0.3) is 0 Å². The van der Waals surface area contributed by atoms with E-state index in [0.29, 0.717) is 11.3 Å². The quantitative estimate of drug-likeness (QED) is 0.569. The fourth-order valence-corrected chi connectivity index (χ4v) is 3.05. The highest BCUT2D eigenvalue weighted by atomic mass is 16.6. The maximum absolute atomic E-state index is 12.7. The molecule has 6 heteroatoms. The van der Waals surface area contributed by atoms with Gasteiger partial charge in [0.2, 0.25) is 0 Å². The molecule has 0 fully saturated rings. The largest absolute Gasteiger partial charge is 0.490 e. The first kappa shape index (κ1) is 19.5. The first-order valence-electron chi connectivity index (χ1n) is 9.30. The minimum absolute atomic E-state index is 0.111. The van der Waals surface area contributed by atoms with Crippen molar-refractivity contribution in [3.8, 4) is 5.75 Å². The number of para-hydroxylation sites is 1. The number of benzene rings is 2. The van der Waals surface area contributed by atoms with E-state index in [9.17, 15) is 9.59 Å². The van der Waals surface area contributed by atoms with Crippen molar-refractivity contribution in [2.45, 2.75) is 26.3 Å². The van der Waals surface area contributed by atoms with E-state index in [4.69, 9.17) is 9.47 Å². The summed E-state index contributed by atoms with van der Waals surface area (Å²) in [6, 6.07) is 16.3. The van der Waals surface area contributed by atoms with Crippen LogP contribution in [0.1, 0.15) is 31.0 Å². The van der Waals surface area contributed by atoms with E-state index in [1.165, 1.54) is 5.56 Å². The number of carbonyl (C=O) groups excluding carboxylic acids is 2. The summed E-state index contributed by atoms with van der Waals surface area (Å²) in [6.07, 6.45) is 0.921. The maximum Gasteiger partial charge on any atom is 0.338 e. The second kappa shape index (κ2) is 9.08. The van der Waals surface area contributed by atoms with Crippen LogP contribution in [-0.2, 0) is 16.0 Å². The Morgan fingerprint density at radius 2 is 1.75 bits per heavy atom. The summed E-state index contributed by atoms with van der Waals surface area (Å²) in [7, 11) is 0. The minimum atomic E-state index is -0.554. The van der Waals surface area contributed by atoms with Crippen LogP contribution >= 0.6 is 0 Å². The molecule has 146 valence electrons. The van der Waals surface area contributed by atoms with Crippen LogP contribution in [0.3, 0.4) is 0 Å². The van der Waals surface area contributed by atoms with Crippen LogP contribution in [0.5, 0.6) is 5.75 Å². The van der Waals surface area contributed by atoms with Gasteiger partial charge in [0, 0.05) is 5.70 Å². The Kier molecular flexibility index (Phi) is 6.32. The normalized spacial score (nSPS) is 16.2. The number of esters is 1. The van der Waals surface area contributed by atoms with Crippen molar-refractivity contribution in [1.82, 2.24) is 10.6 Å². The molecule has 2 aromatic carbocycles. The average molecular weight is 380 g/mol. The van der Waals surface area contributed by atoms with Crippen LogP contribution in [-0.4, -0.2) is 25.2 Å². The summed E-state index contributed by atoms with van der Waals surface area (Å²) in [4.78, 5) is 24.6. The molecule has 2 amide bonds. The monoisotopic (exact) mass is 380 g/mol. The predicted molar refractivity (Wildman–Crippen MR) is 106 cm³/mol. The zero-order chi connectivity index (χ0) is 19.9. The lowest BCUT2D eigenvalue weighted by molar-refractivity contribution is -0.140. The molecule has 0 radical (unpaired) electrons. The molecular weight excluding hydrogens is 356 g/mol. The number of aryl methyl sites for hydroxylation is 1. The molecule has 0 aliphatic carbocycles. The lowest BCUT2D eigenvalue weighted by Crippen LogP contribution is -2.45. The van der Waals surface area contributed by atoms with Gasteiger partial charge in [0.1, 0.15) is 19.0 Å². The van der Waals surface area contributed by atoms with Crippen LogP contribution in [0.2, 0.25) is 0 Å². The van der Waals surface area contributed by atoms with Gasteiger partial charge in [-0.1, -0.05) is 49.4 Å². The third kappa shape index (κ3) is 4.71. The van der Waals surface area contributed by atoms with Gasteiger partial charge in [-0.25, -0.2) is 9.59 Å². The zero-order valence-electron chi connectivity index (χ0n) is 16.0.